The maximum absolute atomic E-state index is 12.0. The summed E-state index contributed by atoms with van der Waals surface area (Å²) < 4.78 is 0. The van der Waals surface area contributed by atoms with E-state index in [2.05, 4.69) is 12.1 Å². The van der Waals surface area contributed by atoms with Gasteiger partial charge in [-0.3, -0.25) is 9.59 Å². The third-order valence-corrected chi connectivity index (χ3v) is 5.36. The minimum absolute atomic E-state index is 0.0296. The van der Waals surface area contributed by atoms with E-state index in [9.17, 15) is 14.4 Å². The summed E-state index contributed by atoms with van der Waals surface area (Å²) in [6, 6.07) is 31.9. The van der Waals surface area contributed by atoms with Crippen LogP contribution in [0.5, 0.6) is 0 Å². The van der Waals surface area contributed by atoms with Crippen molar-refractivity contribution in [1.29, 1.82) is 0 Å². The van der Waals surface area contributed by atoms with Crippen molar-refractivity contribution >= 4 is 18.4 Å². The Morgan fingerprint density at radius 1 is 0.606 bits per heavy atom. The van der Waals surface area contributed by atoms with Gasteiger partial charge < -0.3 is 4.79 Å². The minimum atomic E-state index is -0.0719. The number of hydrogen-bond donors (Lipinski definition) is 0. The van der Waals surface area contributed by atoms with E-state index in [0.717, 1.165) is 23.7 Å². The molecule has 3 nitrogen and oxygen atoms in total. The molecule has 0 saturated carbocycles. The van der Waals surface area contributed by atoms with Crippen LogP contribution in [0.25, 0.3) is 11.1 Å². The summed E-state index contributed by atoms with van der Waals surface area (Å²) in [5.74, 6) is -0.101. The lowest BCUT2D eigenvalue weighted by Crippen LogP contribution is -2.00. The van der Waals surface area contributed by atoms with Crippen LogP contribution in [-0.4, -0.2) is 18.4 Å². The number of benzene rings is 4. The van der Waals surface area contributed by atoms with Gasteiger partial charge in [0.15, 0.2) is 5.78 Å². The lowest BCUT2D eigenvalue weighted by molar-refractivity contribution is -0.108. The molecule has 0 heterocycles. The molecule has 1 aliphatic rings. The first-order chi connectivity index (χ1) is 16.2. The van der Waals surface area contributed by atoms with E-state index >= 15 is 0 Å². The smallest absolute Gasteiger partial charge is 0.193 e. The fraction of sp³-hybridized carbons (Fsp3) is 0.100. The molecule has 0 aliphatic heterocycles. The topological polar surface area (TPSA) is 51.2 Å². The molecule has 0 saturated heterocycles. The largest absolute Gasteiger partial charge is 0.302 e. The van der Waals surface area contributed by atoms with Gasteiger partial charge in [0.2, 0.25) is 0 Å². The summed E-state index contributed by atoms with van der Waals surface area (Å²) in [6.07, 6.45) is 1.79. The van der Waals surface area contributed by atoms with Gasteiger partial charge in [-0.1, -0.05) is 117 Å². The molecule has 0 N–H and O–H groups in total. The predicted octanol–water partition coefficient (Wildman–Crippen LogP) is 6.75. The SMILES string of the molecule is CC.O=CC1c2ccccc2-c2ccccc21.O=Cc1ccc(C(=O)c2ccccc2)cc1. The lowest BCUT2D eigenvalue weighted by atomic mass is 9.99. The highest BCUT2D eigenvalue weighted by Crippen LogP contribution is 2.43. The van der Waals surface area contributed by atoms with Crippen LogP contribution < -0.4 is 0 Å². The minimum Gasteiger partial charge on any atom is -0.302 e. The zero-order chi connectivity index (χ0) is 23.6. The van der Waals surface area contributed by atoms with Crippen LogP contribution in [0.4, 0.5) is 0 Å². The summed E-state index contributed by atoms with van der Waals surface area (Å²) in [5.41, 5.74) is 6.49. The Morgan fingerprint density at radius 2 is 1.06 bits per heavy atom. The van der Waals surface area contributed by atoms with E-state index in [1.54, 1.807) is 36.4 Å². The highest BCUT2D eigenvalue weighted by molar-refractivity contribution is 6.09. The lowest BCUT2D eigenvalue weighted by Gasteiger charge is -2.03. The van der Waals surface area contributed by atoms with Gasteiger partial charge in [-0.15, -0.1) is 0 Å². The third-order valence-electron chi connectivity index (χ3n) is 5.36. The highest BCUT2D eigenvalue weighted by atomic mass is 16.1. The average molecular weight is 435 g/mol. The van der Waals surface area contributed by atoms with Crippen LogP contribution in [0.3, 0.4) is 0 Å². The number of hydrogen-bond acceptors (Lipinski definition) is 3. The van der Waals surface area contributed by atoms with Crippen LogP contribution >= 0.6 is 0 Å². The molecule has 0 unspecified atom stereocenters. The Balaban J connectivity index is 0.000000173. The Hall–Kier alpha value is -4.11. The second kappa shape index (κ2) is 11.5. The molecule has 3 heteroatoms. The monoisotopic (exact) mass is 434 g/mol. The maximum atomic E-state index is 12.0. The van der Waals surface area contributed by atoms with Crippen molar-refractivity contribution in [2.45, 2.75) is 19.8 Å². The number of rotatable bonds is 4. The molecule has 164 valence electrons. The molecular weight excluding hydrogens is 408 g/mol. The summed E-state index contributed by atoms with van der Waals surface area (Å²) in [6.45, 7) is 4.00. The number of carbonyl (C=O) groups is 3. The molecule has 4 aromatic carbocycles. The summed E-state index contributed by atoms with van der Waals surface area (Å²) in [7, 11) is 0. The van der Waals surface area contributed by atoms with Crippen LogP contribution in [0.2, 0.25) is 0 Å². The predicted molar refractivity (Wildman–Crippen MR) is 133 cm³/mol. The third kappa shape index (κ3) is 5.21. The van der Waals surface area contributed by atoms with Crippen molar-refractivity contribution in [1.82, 2.24) is 0 Å². The van der Waals surface area contributed by atoms with E-state index in [4.69, 9.17) is 0 Å². The van der Waals surface area contributed by atoms with Gasteiger partial charge in [0, 0.05) is 16.7 Å². The molecule has 0 amide bonds. The molecule has 0 spiro atoms. The van der Waals surface area contributed by atoms with Crippen LogP contribution in [0.1, 0.15) is 57.2 Å². The number of ketones is 1. The van der Waals surface area contributed by atoms with E-state index < -0.39 is 0 Å². The first-order valence-electron chi connectivity index (χ1n) is 11.0. The second-order valence-electron chi connectivity index (χ2n) is 7.22. The van der Waals surface area contributed by atoms with Gasteiger partial charge in [0.05, 0.1) is 5.92 Å². The molecular formula is C30H26O3. The van der Waals surface area contributed by atoms with Gasteiger partial charge in [-0.2, -0.15) is 0 Å². The van der Waals surface area contributed by atoms with E-state index in [-0.39, 0.29) is 11.7 Å². The standard InChI is InChI=1S/C14H10O2.C14H10O.C2H6/c15-10-11-6-8-13(9-7-11)14(16)12-4-2-1-3-5-12;15-9-14-12-7-3-1-5-10(12)11-6-2-4-8-13(11)14;1-2/h1-10H;1-9,14H;1-2H3. The van der Waals surface area contributed by atoms with Gasteiger partial charge in [0.1, 0.15) is 12.6 Å². The molecule has 0 radical (unpaired) electrons. The molecule has 4 aromatic rings. The highest BCUT2D eigenvalue weighted by Gasteiger charge is 2.26. The first-order valence-corrected chi connectivity index (χ1v) is 11.0. The Labute approximate surface area is 194 Å². The van der Waals surface area contributed by atoms with Gasteiger partial charge in [0.25, 0.3) is 0 Å². The van der Waals surface area contributed by atoms with Gasteiger partial charge >= 0.3 is 0 Å². The number of aldehydes is 2. The maximum Gasteiger partial charge on any atom is 0.193 e. The Bertz CT molecular complexity index is 1180. The van der Waals surface area contributed by atoms with Gasteiger partial charge in [-0.25, -0.2) is 0 Å². The molecule has 33 heavy (non-hydrogen) atoms. The molecule has 0 bridgehead atoms. The van der Waals surface area contributed by atoms with Crippen molar-refractivity contribution in [2.24, 2.45) is 0 Å². The first kappa shape index (κ1) is 23.6. The van der Waals surface area contributed by atoms with Crippen molar-refractivity contribution in [2.75, 3.05) is 0 Å². The normalized spacial score (nSPS) is 11.0. The van der Waals surface area contributed by atoms with Gasteiger partial charge in [-0.05, 0) is 22.3 Å². The fourth-order valence-electron chi connectivity index (χ4n) is 3.81. The molecule has 5 rings (SSSR count). The zero-order valence-electron chi connectivity index (χ0n) is 18.8. The molecule has 1 aliphatic carbocycles. The van der Waals surface area contributed by atoms with Crippen LogP contribution in [-0.2, 0) is 4.79 Å². The molecule has 0 atom stereocenters. The van der Waals surface area contributed by atoms with Crippen molar-refractivity contribution in [3.8, 4) is 11.1 Å². The zero-order valence-corrected chi connectivity index (χ0v) is 18.8. The van der Waals surface area contributed by atoms with Crippen molar-refractivity contribution < 1.29 is 14.4 Å². The Kier molecular flexibility index (Phi) is 8.20. The molecule has 0 fully saturated rings. The fourth-order valence-corrected chi connectivity index (χ4v) is 3.81. The van der Waals surface area contributed by atoms with E-state index in [0.29, 0.717) is 16.7 Å². The average Bonchev–Trinajstić information content (AvgIpc) is 3.24. The number of carbonyl (C=O) groups excluding carboxylic acids is 3. The van der Waals surface area contributed by atoms with Crippen molar-refractivity contribution in [3.05, 3.63) is 131 Å². The summed E-state index contributed by atoms with van der Waals surface area (Å²) >= 11 is 0. The van der Waals surface area contributed by atoms with E-state index in [1.165, 1.54) is 11.1 Å². The van der Waals surface area contributed by atoms with Crippen LogP contribution in [0, 0.1) is 0 Å². The number of fused-ring (bicyclic) bond motifs is 3. The molecule has 0 aromatic heterocycles. The van der Waals surface area contributed by atoms with Crippen LogP contribution in [0.15, 0.2) is 103 Å². The van der Waals surface area contributed by atoms with Crippen molar-refractivity contribution in [3.63, 3.8) is 0 Å². The Morgan fingerprint density at radius 3 is 1.55 bits per heavy atom. The summed E-state index contributed by atoms with van der Waals surface area (Å²) in [4.78, 5) is 33.6. The quantitative estimate of drug-likeness (QED) is 0.264. The summed E-state index contributed by atoms with van der Waals surface area (Å²) in [5, 5.41) is 0. The van der Waals surface area contributed by atoms with E-state index in [1.807, 2.05) is 68.4 Å². The second-order valence-corrected chi connectivity index (χ2v) is 7.22.